The standard InChI is InChI=1S/C27H32N2O5S/c30-25(29-14-5-6-19(16-29)11-12-26(31)32)18-35-15-13-28-27(33)34-17-24-22-9-3-1-7-20(22)21-8-2-4-10-23(21)24/h1-4,7-10,19,24H,5-6,11-18H2,(H,28,33)(H,31,32). The molecule has 1 fully saturated rings. The summed E-state index contributed by atoms with van der Waals surface area (Å²) in [6.45, 7) is 2.09. The highest BCUT2D eigenvalue weighted by Crippen LogP contribution is 2.44. The lowest BCUT2D eigenvalue weighted by molar-refractivity contribution is -0.137. The van der Waals surface area contributed by atoms with E-state index < -0.39 is 12.1 Å². The quantitative estimate of drug-likeness (QED) is 0.475. The van der Waals surface area contributed by atoms with E-state index in [9.17, 15) is 14.4 Å². The van der Waals surface area contributed by atoms with Crippen LogP contribution in [-0.2, 0) is 14.3 Å². The molecule has 1 saturated heterocycles. The van der Waals surface area contributed by atoms with Gasteiger partial charge in [0, 0.05) is 37.7 Å². The van der Waals surface area contributed by atoms with E-state index in [0.717, 1.165) is 19.4 Å². The summed E-state index contributed by atoms with van der Waals surface area (Å²) in [6, 6.07) is 16.5. The predicted molar refractivity (Wildman–Crippen MR) is 137 cm³/mol. The Morgan fingerprint density at radius 3 is 2.43 bits per heavy atom. The first-order valence-electron chi connectivity index (χ1n) is 12.2. The number of alkyl carbamates (subject to hydrolysis) is 1. The zero-order valence-electron chi connectivity index (χ0n) is 19.8. The zero-order valence-corrected chi connectivity index (χ0v) is 20.6. The summed E-state index contributed by atoms with van der Waals surface area (Å²) in [4.78, 5) is 37.4. The highest BCUT2D eigenvalue weighted by Gasteiger charge is 2.29. The fraction of sp³-hybridized carbons (Fsp3) is 0.444. The Morgan fingerprint density at radius 1 is 1.06 bits per heavy atom. The van der Waals surface area contributed by atoms with Gasteiger partial charge in [-0.1, -0.05) is 48.5 Å². The topological polar surface area (TPSA) is 95.9 Å². The number of carboxylic acid groups (broad SMARTS) is 1. The SMILES string of the molecule is O=C(O)CCC1CCCN(C(=O)CSCCNC(=O)OCC2c3ccccc3-c3ccccc32)C1. The number of nitrogens with zero attached hydrogens (tertiary/aromatic N) is 1. The van der Waals surface area contributed by atoms with Crippen LogP contribution < -0.4 is 5.32 Å². The lowest BCUT2D eigenvalue weighted by Crippen LogP contribution is -2.41. The first-order valence-corrected chi connectivity index (χ1v) is 13.3. The summed E-state index contributed by atoms with van der Waals surface area (Å²) < 4.78 is 5.54. The van der Waals surface area contributed by atoms with E-state index in [1.807, 2.05) is 29.2 Å². The normalized spacial score (nSPS) is 16.9. The third kappa shape index (κ3) is 6.57. The van der Waals surface area contributed by atoms with Crippen LogP contribution in [0, 0.1) is 5.92 Å². The summed E-state index contributed by atoms with van der Waals surface area (Å²) in [6.07, 6.45) is 2.23. The number of nitrogens with one attached hydrogen (secondary N) is 1. The summed E-state index contributed by atoms with van der Waals surface area (Å²) >= 11 is 1.49. The molecule has 2 aromatic rings. The Hall–Kier alpha value is -3.00. The van der Waals surface area contributed by atoms with E-state index in [0.29, 0.717) is 31.0 Å². The molecule has 7 nitrogen and oxygen atoms in total. The molecule has 1 atom stereocenters. The molecular weight excluding hydrogens is 464 g/mol. The highest BCUT2D eigenvalue weighted by molar-refractivity contribution is 7.99. The van der Waals surface area contributed by atoms with Crippen molar-refractivity contribution in [2.45, 2.75) is 31.6 Å². The molecule has 8 heteroatoms. The van der Waals surface area contributed by atoms with Gasteiger partial charge in [0.2, 0.25) is 5.91 Å². The molecule has 1 aliphatic carbocycles. The summed E-state index contributed by atoms with van der Waals surface area (Å²) in [5.41, 5.74) is 4.75. The van der Waals surface area contributed by atoms with Crippen molar-refractivity contribution in [3.8, 4) is 11.1 Å². The van der Waals surface area contributed by atoms with Crippen molar-refractivity contribution in [2.24, 2.45) is 5.92 Å². The van der Waals surface area contributed by atoms with E-state index in [2.05, 4.69) is 29.6 Å². The second-order valence-corrected chi connectivity index (χ2v) is 10.2. The number of carbonyl (C=O) groups is 3. The van der Waals surface area contributed by atoms with Crippen LogP contribution in [0.3, 0.4) is 0 Å². The molecule has 0 saturated carbocycles. The fourth-order valence-corrected chi connectivity index (χ4v) is 5.73. The molecular formula is C27H32N2O5S. The molecule has 35 heavy (non-hydrogen) atoms. The molecule has 0 spiro atoms. The summed E-state index contributed by atoms with van der Waals surface area (Å²) in [5.74, 6) is 0.571. The number of hydrogen-bond acceptors (Lipinski definition) is 5. The maximum atomic E-state index is 12.5. The number of fused-ring (bicyclic) bond motifs is 3. The molecule has 1 unspecified atom stereocenters. The molecule has 4 rings (SSSR count). The van der Waals surface area contributed by atoms with Crippen LogP contribution in [0.25, 0.3) is 11.1 Å². The van der Waals surface area contributed by atoms with Gasteiger partial charge in [-0.2, -0.15) is 11.8 Å². The first kappa shape index (κ1) is 25.1. The van der Waals surface area contributed by atoms with Gasteiger partial charge in [0.15, 0.2) is 0 Å². The van der Waals surface area contributed by atoms with Gasteiger partial charge in [-0.05, 0) is 47.4 Å². The number of ether oxygens (including phenoxy) is 1. The Balaban J connectivity index is 1.14. The van der Waals surface area contributed by atoms with E-state index >= 15 is 0 Å². The predicted octanol–water partition coefficient (Wildman–Crippen LogP) is 4.36. The lowest BCUT2D eigenvalue weighted by Gasteiger charge is -2.32. The maximum Gasteiger partial charge on any atom is 0.407 e. The Labute approximate surface area is 210 Å². The van der Waals surface area contributed by atoms with Crippen LogP contribution in [0.1, 0.15) is 42.7 Å². The molecule has 0 bridgehead atoms. The minimum Gasteiger partial charge on any atom is -0.481 e. The number of thioether (sulfide) groups is 1. The van der Waals surface area contributed by atoms with Crippen LogP contribution in [0.15, 0.2) is 48.5 Å². The number of piperidine rings is 1. The van der Waals surface area contributed by atoms with Gasteiger partial charge in [0.25, 0.3) is 0 Å². The summed E-state index contributed by atoms with van der Waals surface area (Å²) in [7, 11) is 0. The third-order valence-corrected chi connectivity index (χ3v) is 7.67. The minimum absolute atomic E-state index is 0.0315. The average Bonchev–Trinajstić information content (AvgIpc) is 3.20. The highest BCUT2D eigenvalue weighted by atomic mass is 32.2. The van der Waals surface area contributed by atoms with E-state index in [1.165, 1.54) is 34.0 Å². The second kappa shape index (κ2) is 12.1. The number of hydrogen-bond donors (Lipinski definition) is 2. The molecule has 186 valence electrons. The number of aliphatic carboxylic acids is 1. The van der Waals surface area contributed by atoms with E-state index in [1.54, 1.807) is 0 Å². The fourth-order valence-electron chi connectivity index (χ4n) is 4.98. The molecule has 0 radical (unpaired) electrons. The summed E-state index contributed by atoms with van der Waals surface area (Å²) in [5, 5.41) is 11.6. The van der Waals surface area contributed by atoms with E-state index in [4.69, 9.17) is 9.84 Å². The molecule has 2 N–H and O–H groups in total. The van der Waals surface area contributed by atoms with Crippen molar-refractivity contribution in [3.05, 3.63) is 59.7 Å². The van der Waals surface area contributed by atoms with Crippen LogP contribution >= 0.6 is 11.8 Å². The molecule has 2 aliphatic rings. The number of likely N-dealkylation sites (tertiary alicyclic amines) is 1. The van der Waals surface area contributed by atoms with Crippen molar-refractivity contribution in [3.63, 3.8) is 0 Å². The molecule has 1 heterocycles. The third-order valence-electron chi connectivity index (χ3n) is 6.72. The number of carboxylic acids is 1. The van der Waals surface area contributed by atoms with Crippen molar-refractivity contribution in [1.82, 2.24) is 10.2 Å². The lowest BCUT2D eigenvalue weighted by atomic mass is 9.93. The largest absolute Gasteiger partial charge is 0.481 e. The van der Waals surface area contributed by atoms with Crippen molar-refractivity contribution in [1.29, 1.82) is 0 Å². The maximum absolute atomic E-state index is 12.5. The minimum atomic E-state index is -0.784. The van der Waals surface area contributed by atoms with E-state index in [-0.39, 0.29) is 30.8 Å². The van der Waals surface area contributed by atoms with Crippen LogP contribution in [0.5, 0.6) is 0 Å². The second-order valence-electron chi connectivity index (χ2n) is 9.09. The number of rotatable bonds is 10. The zero-order chi connectivity index (χ0) is 24.6. The molecule has 0 aromatic heterocycles. The van der Waals surface area contributed by atoms with Crippen LogP contribution in [0.2, 0.25) is 0 Å². The van der Waals surface area contributed by atoms with Gasteiger partial charge in [-0.3, -0.25) is 9.59 Å². The average molecular weight is 497 g/mol. The molecule has 2 aromatic carbocycles. The number of benzene rings is 2. The van der Waals surface area contributed by atoms with Gasteiger partial charge in [0.05, 0.1) is 5.75 Å². The van der Waals surface area contributed by atoms with Gasteiger partial charge < -0.3 is 20.1 Å². The van der Waals surface area contributed by atoms with Crippen molar-refractivity contribution < 1.29 is 24.2 Å². The number of amides is 2. The van der Waals surface area contributed by atoms with Gasteiger partial charge >= 0.3 is 12.1 Å². The van der Waals surface area contributed by atoms with Gasteiger partial charge in [-0.25, -0.2) is 4.79 Å². The van der Waals surface area contributed by atoms with Crippen molar-refractivity contribution in [2.75, 3.05) is 37.7 Å². The van der Waals surface area contributed by atoms with Gasteiger partial charge in [0.1, 0.15) is 6.61 Å². The van der Waals surface area contributed by atoms with Gasteiger partial charge in [-0.15, -0.1) is 0 Å². The first-order chi connectivity index (χ1) is 17.0. The Kier molecular flexibility index (Phi) is 8.69. The molecule has 2 amide bonds. The van der Waals surface area contributed by atoms with Crippen LogP contribution in [0.4, 0.5) is 4.79 Å². The Morgan fingerprint density at radius 2 is 1.74 bits per heavy atom. The molecule has 1 aliphatic heterocycles. The Bertz CT molecular complexity index is 1010. The van der Waals surface area contributed by atoms with Crippen molar-refractivity contribution >= 4 is 29.7 Å². The monoisotopic (exact) mass is 496 g/mol. The van der Waals surface area contributed by atoms with Crippen LogP contribution in [-0.4, -0.2) is 65.7 Å². The number of carbonyl (C=O) groups excluding carboxylic acids is 2. The smallest absolute Gasteiger partial charge is 0.407 e.